The van der Waals surface area contributed by atoms with Gasteiger partial charge in [0.25, 0.3) is 0 Å². The smallest absolute Gasteiger partial charge is 0.333 e. The van der Waals surface area contributed by atoms with Gasteiger partial charge in [-0.25, -0.2) is 4.79 Å². The van der Waals surface area contributed by atoms with E-state index >= 15 is 0 Å². The van der Waals surface area contributed by atoms with Crippen molar-refractivity contribution < 1.29 is 14.3 Å². The van der Waals surface area contributed by atoms with Crippen LogP contribution < -0.4 is 0 Å². The van der Waals surface area contributed by atoms with Gasteiger partial charge in [0, 0.05) is 0 Å². The summed E-state index contributed by atoms with van der Waals surface area (Å²) in [5, 5.41) is 0. The minimum absolute atomic E-state index is 0.0557. The van der Waals surface area contributed by atoms with Gasteiger partial charge in [0.2, 0.25) is 0 Å². The molecule has 0 heterocycles. The van der Waals surface area contributed by atoms with Crippen LogP contribution in [0, 0.1) is 0 Å². The Labute approximate surface area is 155 Å². The first-order valence-corrected chi connectivity index (χ1v) is 9.13. The van der Waals surface area contributed by atoms with E-state index in [0.29, 0.717) is 0 Å². The molecule has 0 aliphatic heterocycles. The topological polar surface area (TPSA) is 43.4 Å². The Balaban J connectivity index is 2.32. The van der Waals surface area contributed by atoms with Gasteiger partial charge in [0.1, 0.15) is 5.41 Å². The maximum Gasteiger partial charge on any atom is 0.333 e. The molecule has 0 amide bonds. The molecule has 0 aromatic heterocycles. The van der Waals surface area contributed by atoms with Crippen LogP contribution >= 0.6 is 9.24 Å². The largest absolute Gasteiger partial charge is 0.392 e. The summed E-state index contributed by atoms with van der Waals surface area (Å²) in [6.45, 7) is 0. The predicted molar refractivity (Wildman–Crippen MR) is 105 cm³/mol. The summed E-state index contributed by atoms with van der Waals surface area (Å²) in [5.41, 5.74) is 1.02. The quantitative estimate of drug-likeness (QED) is 0.299. The van der Waals surface area contributed by atoms with Crippen molar-refractivity contribution >= 4 is 21.2 Å². The molecular formula is C22H19O3P. The van der Waals surface area contributed by atoms with Gasteiger partial charge in [-0.1, -0.05) is 91.0 Å². The van der Waals surface area contributed by atoms with E-state index in [4.69, 9.17) is 4.74 Å². The zero-order valence-corrected chi connectivity index (χ0v) is 15.3. The molecule has 0 radical (unpaired) electrons. The normalized spacial score (nSPS) is 11.0. The molecule has 130 valence electrons. The van der Waals surface area contributed by atoms with Crippen molar-refractivity contribution in [3.8, 4) is 0 Å². The Hall–Kier alpha value is -2.77. The van der Waals surface area contributed by atoms with Gasteiger partial charge in [-0.05, 0) is 16.7 Å². The van der Waals surface area contributed by atoms with Gasteiger partial charge in [-0.15, -0.1) is 9.24 Å². The van der Waals surface area contributed by atoms with Crippen LogP contribution in [0.2, 0.25) is 0 Å². The van der Waals surface area contributed by atoms with Crippen molar-refractivity contribution in [1.82, 2.24) is 0 Å². The van der Waals surface area contributed by atoms with Crippen molar-refractivity contribution in [2.75, 3.05) is 6.16 Å². The van der Waals surface area contributed by atoms with E-state index in [1.807, 2.05) is 91.0 Å². The zero-order valence-electron chi connectivity index (χ0n) is 14.2. The Bertz CT molecular complexity index is 780. The number of ether oxygens (including phenoxy) is 1. The van der Waals surface area contributed by atoms with Crippen molar-refractivity contribution in [2.45, 2.75) is 5.41 Å². The Morgan fingerprint density at radius 3 is 1.35 bits per heavy atom. The summed E-state index contributed by atoms with van der Waals surface area (Å²) in [4.78, 5) is 25.3. The highest BCUT2D eigenvalue weighted by Gasteiger charge is 2.46. The Morgan fingerprint density at radius 2 is 1.04 bits per heavy atom. The van der Waals surface area contributed by atoms with E-state index in [9.17, 15) is 9.59 Å². The van der Waals surface area contributed by atoms with Crippen LogP contribution in [-0.4, -0.2) is 18.1 Å². The van der Waals surface area contributed by atoms with E-state index in [1.54, 1.807) is 0 Å². The first kappa shape index (κ1) is 18.0. The molecule has 0 bridgehead atoms. The lowest BCUT2D eigenvalue weighted by Crippen LogP contribution is -2.41. The average Bonchev–Trinajstić information content (AvgIpc) is 2.71. The summed E-state index contributed by atoms with van der Waals surface area (Å²) in [7, 11) is 2.29. The van der Waals surface area contributed by atoms with Gasteiger partial charge in [0.05, 0.1) is 6.16 Å². The monoisotopic (exact) mass is 362 g/mol. The Kier molecular flexibility index (Phi) is 5.60. The molecule has 0 saturated heterocycles. The second-order valence-corrected chi connectivity index (χ2v) is 6.22. The summed E-state index contributed by atoms with van der Waals surface area (Å²) in [5.74, 6) is -1.18. The SMILES string of the molecule is O=C(CP)OC(=O)C(c1ccccc1)(c1ccccc1)c1ccccc1. The molecule has 0 fully saturated rings. The highest BCUT2D eigenvalue weighted by molar-refractivity contribution is 7.18. The zero-order chi connectivity index (χ0) is 18.4. The summed E-state index contributed by atoms with van der Waals surface area (Å²) >= 11 is 0. The van der Waals surface area contributed by atoms with Crippen LogP contribution in [0.25, 0.3) is 0 Å². The van der Waals surface area contributed by atoms with Crippen molar-refractivity contribution in [1.29, 1.82) is 0 Å². The summed E-state index contributed by atoms with van der Waals surface area (Å²) in [6.07, 6.45) is 0.0557. The second-order valence-electron chi connectivity index (χ2n) is 5.81. The van der Waals surface area contributed by atoms with Gasteiger partial charge in [0.15, 0.2) is 0 Å². The minimum Gasteiger partial charge on any atom is -0.392 e. The number of hydrogen-bond donors (Lipinski definition) is 0. The van der Waals surface area contributed by atoms with Gasteiger partial charge in [-0.2, -0.15) is 0 Å². The fourth-order valence-corrected chi connectivity index (χ4v) is 3.22. The third-order valence-corrected chi connectivity index (χ3v) is 4.63. The molecular weight excluding hydrogens is 343 g/mol. The van der Waals surface area contributed by atoms with Crippen LogP contribution in [-0.2, 0) is 19.7 Å². The minimum atomic E-state index is -1.22. The Morgan fingerprint density at radius 1 is 0.692 bits per heavy atom. The molecule has 3 nitrogen and oxygen atoms in total. The maximum absolute atomic E-state index is 13.4. The van der Waals surface area contributed by atoms with E-state index in [-0.39, 0.29) is 6.16 Å². The third kappa shape index (κ3) is 3.31. The van der Waals surface area contributed by atoms with Gasteiger partial charge < -0.3 is 4.74 Å². The van der Waals surface area contributed by atoms with E-state index in [1.165, 1.54) is 0 Å². The first-order chi connectivity index (χ1) is 12.7. The molecule has 3 aromatic rings. The van der Waals surface area contributed by atoms with Crippen LogP contribution in [0.3, 0.4) is 0 Å². The molecule has 1 unspecified atom stereocenters. The predicted octanol–water partition coefficient (Wildman–Crippen LogP) is 3.97. The van der Waals surface area contributed by atoms with E-state index < -0.39 is 17.4 Å². The molecule has 3 aromatic carbocycles. The first-order valence-electron chi connectivity index (χ1n) is 8.31. The lowest BCUT2D eigenvalue weighted by atomic mass is 9.69. The van der Waals surface area contributed by atoms with Gasteiger partial charge in [-0.3, -0.25) is 4.79 Å². The second kappa shape index (κ2) is 8.07. The van der Waals surface area contributed by atoms with Crippen LogP contribution in [0.5, 0.6) is 0 Å². The van der Waals surface area contributed by atoms with Crippen LogP contribution in [0.1, 0.15) is 16.7 Å². The van der Waals surface area contributed by atoms with Crippen molar-refractivity contribution in [3.63, 3.8) is 0 Å². The molecule has 0 aliphatic carbocycles. The van der Waals surface area contributed by atoms with Crippen molar-refractivity contribution in [3.05, 3.63) is 108 Å². The lowest BCUT2D eigenvalue weighted by Gasteiger charge is -2.33. The molecule has 0 N–H and O–H groups in total. The third-order valence-electron chi connectivity index (χ3n) is 4.30. The molecule has 4 heteroatoms. The summed E-state index contributed by atoms with van der Waals surface area (Å²) in [6, 6.07) is 28.2. The number of carbonyl (C=O) groups excluding carboxylic acids is 2. The van der Waals surface area contributed by atoms with Gasteiger partial charge >= 0.3 is 11.9 Å². The van der Waals surface area contributed by atoms with E-state index in [0.717, 1.165) is 16.7 Å². The number of carbonyl (C=O) groups is 2. The molecule has 0 saturated carbocycles. The average molecular weight is 362 g/mol. The highest BCUT2D eigenvalue weighted by Crippen LogP contribution is 2.40. The van der Waals surface area contributed by atoms with Crippen LogP contribution in [0.15, 0.2) is 91.0 Å². The number of hydrogen-bond acceptors (Lipinski definition) is 3. The number of rotatable bonds is 5. The standard InChI is InChI=1S/C22H19O3P/c23-20(16-26)25-21(24)22(17-10-4-1-5-11-17,18-12-6-2-7-13-18)19-14-8-3-9-15-19/h1-15H,16,26H2. The molecule has 26 heavy (non-hydrogen) atoms. The molecule has 3 rings (SSSR count). The maximum atomic E-state index is 13.4. The van der Waals surface area contributed by atoms with Crippen LogP contribution in [0.4, 0.5) is 0 Å². The molecule has 0 aliphatic rings. The van der Waals surface area contributed by atoms with E-state index in [2.05, 4.69) is 9.24 Å². The summed E-state index contributed by atoms with van der Waals surface area (Å²) < 4.78 is 5.23. The lowest BCUT2D eigenvalue weighted by molar-refractivity contribution is -0.160. The highest BCUT2D eigenvalue weighted by atomic mass is 31.0. The fourth-order valence-electron chi connectivity index (χ4n) is 3.14. The van der Waals surface area contributed by atoms with Crippen molar-refractivity contribution in [2.24, 2.45) is 0 Å². The molecule has 0 spiro atoms. The number of esters is 2. The molecule has 1 atom stereocenters. The number of benzene rings is 3. The fraction of sp³-hybridized carbons (Fsp3) is 0.0909.